The topological polar surface area (TPSA) is 127 Å². The fourth-order valence-corrected chi connectivity index (χ4v) is 2.62. The second kappa shape index (κ2) is 6.93. The molecule has 10 nitrogen and oxygen atoms in total. The summed E-state index contributed by atoms with van der Waals surface area (Å²) in [6.07, 6.45) is 1.69. The highest BCUT2D eigenvalue weighted by Crippen LogP contribution is 2.36. The Labute approximate surface area is 157 Å². The number of aryl methyl sites for hydroxylation is 1. The number of nitrogens with zero attached hydrogens (tertiary/aromatic N) is 5. The minimum absolute atomic E-state index is 0.0138. The average Bonchev–Trinajstić information content (AvgIpc) is 3.36. The van der Waals surface area contributed by atoms with Gasteiger partial charge in [-0.3, -0.25) is 4.79 Å². The number of nitrogens with one attached hydrogen (secondary N) is 1. The summed E-state index contributed by atoms with van der Waals surface area (Å²) in [4.78, 5) is 25.7. The van der Waals surface area contributed by atoms with Gasteiger partial charge in [-0.15, -0.1) is 0 Å². The number of aromatic nitrogens is 4. The van der Waals surface area contributed by atoms with Crippen LogP contribution in [0.3, 0.4) is 0 Å². The van der Waals surface area contributed by atoms with Gasteiger partial charge in [-0.2, -0.15) is 4.98 Å². The van der Waals surface area contributed by atoms with Crippen LogP contribution in [-0.4, -0.2) is 56.7 Å². The molecule has 2 fully saturated rings. The number of aliphatic hydroxyl groups is 1. The van der Waals surface area contributed by atoms with E-state index < -0.39 is 31.1 Å². The highest BCUT2D eigenvalue weighted by atomic mass is 19.3. The van der Waals surface area contributed by atoms with Crippen molar-refractivity contribution in [2.45, 2.75) is 31.9 Å². The van der Waals surface area contributed by atoms with Crippen LogP contribution in [0.15, 0.2) is 10.7 Å². The molecule has 2 aliphatic rings. The predicted molar refractivity (Wildman–Crippen MR) is 88.9 cm³/mol. The minimum atomic E-state index is -2.78. The lowest BCUT2D eigenvalue weighted by Crippen LogP contribution is -2.56. The number of anilines is 1. The lowest BCUT2D eigenvalue weighted by molar-refractivity contribution is -0.0270. The van der Waals surface area contributed by atoms with E-state index in [4.69, 9.17) is 9.26 Å². The van der Waals surface area contributed by atoms with E-state index in [0.29, 0.717) is 12.5 Å². The number of halogens is 2. The molecule has 1 amide bonds. The number of carbonyl (C=O) groups is 1. The molecule has 2 aromatic heterocycles. The number of aliphatic hydroxyl groups excluding tert-OH is 1. The summed E-state index contributed by atoms with van der Waals surface area (Å²) in [5.74, 6) is -2.83. The lowest BCUT2D eigenvalue weighted by atomic mass is 10.1. The first-order valence-electron chi connectivity index (χ1n) is 8.72. The summed E-state index contributed by atoms with van der Waals surface area (Å²) in [7, 11) is 0. The van der Waals surface area contributed by atoms with Gasteiger partial charge in [0.1, 0.15) is 0 Å². The molecule has 1 aliphatic carbocycles. The monoisotopic (exact) mass is 396 g/mol. The fourth-order valence-electron chi connectivity index (χ4n) is 2.62. The second-order valence-corrected chi connectivity index (χ2v) is 6.90. The summed E-state index contributed by atoms with van der Waals surface area (Å²) < 4.78 is 36.8. The second-order valence-electron chi connectivity index (χ2n) is 6.90. The van der Waals surface area contributed by atoms with Crippen LogP contribution in [0.1, 0.15) is 41.3 Å². The van der Waals surface area contributed by atoms with E-state index in [1.165, 1.54) is 11.8 Å². The molecule has 0 unspecified atom stereocenters. The zero-order valence-electron chi connectivity index (χ0n) is 14.9. The molecule has 2 N–H and O–H groups in total. The van der Waals surface area contributed by atoms with Crippen molar-refractivity contribution in [2.24, 2.45) is 5.92 Å². The standard InChI is InChI=1S/C16H18F2N6O4/c1-8-20-11(23-28-8)14(26)22-13(25)10-4-19-12(24-6-16(17,18)7-24)15(21-10)27-5-9-2-3-9/h4,9,14,26H,2-3,5-7H2,1H3,(H,22,25)/t14-/m1/s1. The normalized spacial score (nSPS) is 19.1. The van der Waals surface area contributed by atoms with Gasteiger partial charge in [0.25, 0.3) is 17.7 Å². The van der Waals surface area contributed by atoms with Crippen LogP contribution >= 0.6 is 0 Å². The van der Waals surface area contributed by atoms with Crippen molar-refractivity contribution in [3.63, 3.8) is 0 Å². The number of hydrogen-bond acceptors (Lipinski definition) is 9. The van der Waals surface area contributed by atoms with E-state index >= 15 is 0 Å². The Bertz CT molecular complexity index is 880. The van der Waals surface area contributed by atoms with Crippen molar-refractivity contribution in [1.82, 2.24) is 25.4 Å². The van der Waals surface area contributed by atoms with E-state index in [9.17, 15) is 18.7 Å². The summed E-state index contributed by atoms with van der Waals surface area (Å²) in [6.45, 7) is 0.950. The van der Waals surface area contributed by atoms with Crippen LogP contribution in [0.4, 0.5) is 14.6 Å². The van der Waals surface area contributed by atoms with E-state index in [1.54, 1.807) is 0 Å². The first-order valence-corrected chi connectivity index (χ1v) is 8.72. The Hall–Kier alpha value is -2.89. The molecule has 0 spiro atoms. The van der Waals surface area contributed by atoms with Crippen LogP contribution in [0.2, 0.25) is 0 Å². The van der Waals surface area contributed by atoms with Crippen LogP contribution in [0.25, 0.3) is 0 Å². The molecule has 2 aromatic rings. The van der Waals surface area contributed by atoms with Crippen molar-refractivity contribution in [1.29, 1.82) is 0 Å². The van der Waals surface area contributed by atoms with Crippen LogP contribution in [0.5, 0.6) is 5.88 Å². The maximum absolute atomic E-state index is 13.2. The van der Waals surface area contributed by atoms with Gasteiger partial charge in [0.05, 0.1) is 25.9 Å². The molecule has 150 valence electrons. The Kier molecular flexibility index (Phi) is 4.57. The number of alkyl halides is 2. The molecule has 28 heavy (non-hydrogen) atoms. The Balaban J connectivity index is 1.49. The smallest absolute Gasteiger partial charge is 0.282 e. The zero-order valence-corrected chi connectivity index (χ0v) is 14.9. The van der Waals surface area contributed by atoms with Gasteiger partial charge >= 0.3 is 0 Å². The highest BCUT2D eigenvalue weighted by Gasteiger charge is 2.46. The number of ether oxygens (including phenoxy) is 1. The first-order chi connectivity index (χ1) is 13.3. The quantitative estimate of drug-likeness (QED) is 0.654. The molecule has 1 atom stereocenters. The van der Waals surface area contributed by atoms with Crippen LogP contribution in [-0.2, 0) is 0 Å². The van der Waals surface area contributed by atoms with Crippen LogP contribution < -0.4 is 15.0 Å². The third-order valence-corrected chi connectivity index (χ3v) is 4.31. The maximum Gasteiger partial charge on any atom is 0.282 e. The van der Waals surface area contributed by atoms with E-state index in [0.717, 1.165) is 19.0 Å². The molecule has 1 saturated heterocycles. The lowest BCUT2D eigenvalue weighted by Gasteiger charge is -2.39. The number of carbonyl (C=O) groups excluding carboxylic acids is 1. The van der Waals surface area contributed by atoms with Gasteiger partial charge < -0.3 is 24.6 Å². The summed E-state index contributed by atoms with van der Waals surface area (Å²) >= 11 is 0. The van der Waals surface area contributed by atoms with Gasteiger partial charge in [-0.25, -0.2) is 18.7 Å². The molecule has 3 heterocycles. The first kappa shape index (κ1) is 18.5. The van der Waals surface area contributed by atoms with Gasteiger partial charge in [0.15, 0.2) is 17.7 Å². The fraction of sp³-hybridized carbons (Fsp3) is 0.562. The van der Waals surface area contributed by atoms with E-state index in [-0.39, 0.29) is 29.1 Å². The third-order valence-electron chi connectivity index (χ3n) is 4.31. The predicted octanol–water partition coefficient (Wildman–Crippen LogP) is 0.833. The van der Waals surface area contributed by atoms with Crippen molar-refractivity contribution < 1.29 is 27.9 Å². The Morgan fingerprint density at radius 3 is 2.82 bits per heavy atom. The van der Waals surface area contributed by atoms with E-state index in [2.05, 4.69) is 25.4 Å². The van der Waals surface area contributed by atoms with Gasteiger partial charge in [0, 0.05) is 6.92 Å². The van der Waals surface area contributed by atoms with Crippen molar-refractivity contribution >= 4 is 11.7 Å². The largest absolute Gasteiger partial charge is 0.475 e. The maximum atomic E-state index is 13.2. The van der Waals surface area contributed by atoms with Crippen molar-refractivity contribution in [3.8, 4) is 5.88 Å². The molecular weight excluding hydrogens is 378 g/mol. The third kappa shape index (κ3) is 4.01. The SMILES string of the molecule is Cc1nc([C@@H](O)NC(=O)c2cnc(N3CC(F)(F)C3)c(OCC3CC3)n2)no1. The van der Waals surface area contributed by atoms with Gasteiger partial charge in [0.2, 0.25) is 11.7 Å². The zero-order chi connectivity index (χ0) is 19.9. The molecule has 1 aliphatic heterocycles. The number of rotatable bonds is 7. The molecule has 0 radical (unpaired) electrons. The summed E-state index contributed by atoms with van der Waals surface area (Å²) in [6, 6.07) is 0. The molecule has 4 rings (SSSR count). The van der Waals surface area contributed by atoms with Crippen molar-refractivity contribution in [2.75, 3.05) is 24.6 Å². The molecule has 1 saturated carbocycles. The van der Waals surface area contributed by atoms with Gasteiger partial charge in [-0.1, -0.05) is 5.16 Å². The Morgan fingerprint density at radius 1 is 1.46 bits per heavy atom. The molecule has 0 aromatic carbocycles. The number of hydrogen-bond donors (Lipinski definition) is 2. The average molecular weight is 396 g/mol. The Morgan fingerprint density at radius 2 is 2.21 bits per heavy atom. The van der Waals surface area contributed by atoms with Crippen molar-refractivity contribution in [3.05, 3.63) is 23.6 Å². The number of amides is 1. The highest BCUT2D eigenvalue weighted by molar-refractivity contribution is 5.92. The van der Waals surface area contributed by atoms with E-state index in [1.807, 2.05) is 0 Å². The van der Waals surface area contributed by atoms with Crippen LogP contribution in [0, 0.1) is 12.8 Å². The molecule has 0 bridgehead atoms. The molecular formula is C16H18F2N6O4. The molecule has 12 heteroatoms. The summed E-state index contributed by atoms with van der Waals surface area (Å²) in [5.41, 5.74) is -0.138. The summed E-state index contributed by atoms with van der Waals surface area (Å²) in [5, 5.41) is 15.8. The minimum Gasteiger partial charge on any atom is -0.475 e. The van der Waals surface area contributed by atoms with Gasteiger partial charge in [-0.05, 0) is 18.8 Å².